The summed E-state index contributed by atoms with van der Waals surface area (Å²) in [5.41, 5.74) is 1.23. The lowest BCUT2D eigenvalue weighted by molar-refractivity contribution is 0.00185. The molecule has 1 N–H and O–H groups in total. The molecule has 0 aromatic heterocycles. The van der Waals surface area contributed by atoms with Crippen LogP contribution in [-0.4, -0.2) is 94.1 Å². The molecule has 154 valence electrons. The molecule has 0 radical (unpaired) electrons. The van der Waals surface area contributed by atoms with Crippen LogP contribution in [0.25, 0.3) is 0 Å². The predicted octanol–water partition coefficient (Wildman–Crippen LogP) is 1.26. The molecular weight excluding hydrogens is 356 g/mol. The van der Waals surface area contributed by atoms with E-state index in [4.69, 9.17) is 9.47 Å². The highest BCUT2D eigenvalue weighted by Gasteiger charge is 2.32. The molecule has 0 unspecified atom stereocenters. The zero-order valence-electron chi connectivity index (χ0n) is 16.6. The molecular formula is C21H32N4O3. The molecule has 0 saturated carbocycles. The van der Waals surface area contributed by atoms with Crippen LogP contribution in [0, 0.1) is 5.92 Å². The fraction of sp³-hybridized carbons (Fsp3) is 0.667. The summed E-state index contributed by atoms with van der Waals surface area (Å²) in [5.74, 6) is 0.494. The first-order valence-corrected chi connectivity index (χ1v) is 10.5. The van der Waals surface area contributed by atoms with E-state index >= 15 is 0 Å². The van der Waals surface area contributed by atoms with Crippen molar-refractivity contribution in [2.45, 2.75) is 12.5 Å². The fourth-order valence-electron chi connectivity index (χ4n) is 4.47. The van der Waals surface area contributed by atoms with Gasteiger partial charge in [-0.1, -0.05) is 18.2 Å². The maximum absolute atomic E-state index is 12.8. The third-order valence-corrected chi connectivity index (χ3v) is 6.17. The Kier molecular flexibility index (Phi) is 6.67. The van der Waals surface area contributed by atoms with E-state index in [9.17, 15) is 4.79 Å². The molecule has 7 heteroatoms. The number of carbonyl (C=O) groups is 1. The molecule has 4 rings (SSSR count). The number of hydrogen-bond acceptors (Lipinski definition) is 5. The van der Waals surface area contributed by atoms with Gasteiger partial charge in [0.2, 0.25) is 0 Å². The van der Waals surface area contributed by atoms with Gasteiger partial charge in [0.15, 0.2) is 0 Å². The van der Waals surface area contributed by atoms with Gasteiger partial charge < -0.3 is 24.6 Å². The Hall–Kier alpha value is -1.83. The third-order valence-electron chi connectivity index (χ3n) is 6.17. The van der Waals surface area contributed by atoms with Crippen LogP contribution < -0.4 is 10.2 Å². The number of urea groups is 1. The van der Waals surface area contributed by atoms with Gasteiger partial charge in [0, 0.05) is 70.1 Å². The summed E-state index contributed by atoms with van der Waals surface area (Å²) in [6.07, 6.45) is 1.08. The summed E-state index contributed by atoms with van der Waals surface area (Å²) >= 11 is 0. The average Bonchev–Trinajstić information content (AvgIpc) is 3.30. The molecule has 0 aliphatic carbocycles. The molecule has 3 saturated heterocycles. The number of piperazine rings is 1. The normalized spacial score (nSPS) is 24.9. The van der Waals surface area contributed by atoms with Gasteiger partial charge in [-0.3, -0.25) is 4.90 Å². The second-order valence-electron chi connectivity index (χ2n) is 7.84. The standard InChI is InChI=1S/C21H32N4O3/c26-21(25-9-7-23(8-10-25)19-4-2-1-3-5-19)22-16-20(18-6-13-28-17-18)24-11-14-27-15-12-24/h1-5,18,20H,6-17H2,(H,22,26)/t18-,20-/m0/s1. The van der Waals surface area contributed by atoms with E-state index in [1.807, 2.05) is 11.0 Å². The van der Waals surface area contributed by atoms with E-state index in [1.165, 1.54) is 5.69 Å². The van der Waals surface area contributed by atoms with E-state index in [0.29, 0.717) is 18.5 Å². The zero-order valence-corrected chi connectivity index (χ0v) is 16.6. The molecule has 0 bridgehead atoms. The Bertz CT molecular complexity index is 609. The monoisotopic (exact) mass is 388 g/mol. The molecule has 2 atom stereocenters. The van der Waals surface area contributed by atoms with Crippen LogP contribution in [0.3, 0.4) is 0 Å². The number of nitrogens with zero attached hydrogens (tertiary/aromatic N) is 3. The topological polar surface area (TPSA) is 57.3 Å². The number of benzene rings is 1. The summed E-state index contributed by atoms with van der Waals surface area (Å²) in [6, 6.07) is 10.8. The van der Waals surface area contributed by atoms with Crippen LogP contribution in [0.2, 0.25) is 0 Å². The average molecular weight is 389 g/mol. The fourth-order valence-corrected chi connectivity index (χ4v) is 4.47. The zero-order chi connectivity index (χ0) is 19.2. The first-order chi connectivity index (χ1) is 13.8. The highest BCUT2D eigenvalue weighted by Crippen LogP contribution is 2.22. The van der Waals surface area contributed by atoms with E-state index in [1.54, 1.807) is 0 Å². The smallest absolute Gasteiger partial charge is 0.317 e. The van der Waals surface area contributed by atoms with Gasteiger partial charge in [0.1, 0.15) is 0 Å². The number of anilines is 1. The van der Waals surface area contributed by atoms with Crippen LogP contribution in [-0.2, 0) is 9.47 Å². The number of ether oxygens (including phenoxy) is 2. The SMILES string of the molecule is O=C(NC[C@@H]([C@H]1CCOC1)N1CCOCC1)N1CCN(c2ccccc2)CC1. The van der Waals surface area contributed by atoms with Crippen molar-refractivity contribution in [1.29, 1.82) is 0 Å². The number of morpholine rings is 1. The number of amides is 2. The van der Waals surface area contributed by atoms with Gasteiger partial charge in [0.25, 0.3) is 0 Å². The molecule has 3 heterocycles. The predicted molar refractivity (Wildman–Crippen MR) is 109 cm³/mol. The summed E-state index contributed by atoms with van der Waals surface area (Å²) in [6.45, 7) is 9.02. The van der Waals surface area contributed by atoms with E-state index < -0.39 is 0 Å². The number of nitrogens with one attached hydrogen (secondary N) is 1. The second-order valence-corrected chi connectivity index (χ2v) is 7.84. The van der Waals surface area contributed by atoms with Gasteiger partial charge in [-0.25, -0.2) is 4.79 Å². The minimum absolute atomic E-state index is 0.0601. The van der Waals surface area contributed by atoms with Gasteiger partial charge in [-0.15, -0.1) is 0 Å². The van der Waals surface area contributed by atoms with Gasteiger partial charge >= 0.3 is 6.03 Å². The van der Waals surface area contributed by atoms with Crippen LogP contribution in [0.1, 0.15) is 6.42 Å². The van der Waals surface area contributed by atoms with Gasteiger partial charge in [-0.05, 0) is 18.6 Å². The Morgan fingerprint density at radius 2 is 1.75 bits per heavy atom. The van der Waals surface area contributed by atoms with Crippen LogP contribution in [0.4, 0.5) is 10.5 Å². The molecule has 3 aliphatic rings. The van der Waals surface area contributed by atoms with Crippen molar-refractivity contribution in [2.75, 3.05) is 77.1 Å². The Balaban J connectivity index is 1.27. The van der Waals surface area contributed by atoms with Crippen molar-refractivity contribution in [3.63, 3.8) is 0 Å². The molecule has 0 spiro atoms. The molecule has 2 amide bonds. The molecule has 3 fully saturated rings. The minimum atomic E-state index is 0.0601. The second kappa shape index (κ2) is 9.58. The molecule has 1 aromatic carbocycles. The van der Waals surface area contributed by atoms with Crippen molar-refractivity contribution in [2.24, 2.45) is 5.92 Å². The van der Waals surface area contributed by atoms with Crippen molar-refractivity contribution in [1.82, 2.24) is 15.1 Å². The molecule has 1 aromatic rings. The highest BCUT2D eigenvalue weighted by atomic mass is 16.5. The van der Waals surface area contributed by atoms with Crippen molar-refractivity contribution >= 4 is 11.7 Å². The highest BCUT2D eigenvalue weighted by molar-refractivity contribution is 5.74. The summed E-state index contributed by atoms with van der Waals surface area (Å²) in [7, 11) is 0. The number of rotatable bonds is 5. The molecule has 3 aliphatic heterocycles. The number of para-hydroxylation sites is 1. The van der Waals surface area contributed by atoms with Gasteiger partial charge in [-0.2, -0.15) is 0 Å². The first-order valence-electron chi connectivity index (χ1n) is 10.5. The van der Waals surface area contributed by atoms with E-state index in [0.717, 1.165) is 72.1 Å². The number of hydrogen-bond donors (Lipinski definition) is 1. The first kappa shape index (κ1) is 19.5. The minimum Gasteiger partial charge on any atom is -0.381 e. The summed E-state index contributed by atoms with van der Waals surface area (Å²) in [5, 5.41) is 3.21. The largest absolute Gasteiger partial charge is 0.381 e. The van der Waals surface area contributed by atoms with Crippen LogP contribution in [0.15, 0.2) is 30.3 Å². The maximum Gasteiger partial charge on any atom is 0.317 e. The van der Waals surface area contributed by atoms with Crippen LogP contribution >= 0.6 is 0 Å². The van der Waals surface area contributed by atoms with Gasteiger partial charge in [0.05, 0.1) is 19.8 Å². The Morgan fingerprint density at radius 3 is 2.43 bits per heavy atom. The summed E-state index contributed by atoms with van der Waals surface area (Å²) in [4.78, 5) is 19.5. The van der Waals surface area contributed by atoms with Crippen molar-refractivity contribution < 1.29 is 14.3 Å². The Labute approximate surface area is 167 Å². The molecule has 28 heavy (non-hydrogen) atoms. The summed E-state index contributed by atoms with van der Waals surface area (Å²) < 4.78 is 11.1. The van der Waals surface area contributed by atoms with E-state index in [-0.39, 0.29) is 6.03 Å². The third kappa shape index (κ3) is 4.77. The van der Waals surface area contributed by atoms with Crippen molar-refractivity contribution in [3.8, 4) is 0 Å². The van der Waals surface area contributed by atoms with E-state index in [2.05, 4.69) is 39.4 Å². The quantitative estimate of drug-likeness (QED) is 0.823. The van der Waals surface area contributed by atoms with Crippen molar-refractivity contribution in [3.05, 3.63) is 30.3 Å². The van der Waals surface area contributed by atoms with Crippen LogP contribution in [0.5, 0.6) is 0 Å². The lowest BCUT2D eigenvalue weighted by Gasteiger charge is -2.39. The Morgan fingerprint density at radius 1 is 1.00 bits per heavy atom. The number of carbonyl (C=O) groups excluding carboxylic acids is 1. The lowest BCUT2D eigenvalue weighted by Crippen LogP contribution is -2.56. The molecule has 7 nitrogen and oxygen atoms in total. The lowest BCUT2D eigenvalue weighted by atomic mass is 9.97. The maximum atomic E-state index is 12.8.